The number of benzene rings is 1. The molecule has 0 aliphatic rings. The predicted molar refractivity (Wildman–Crippen MR) is 70.3 cm³/mol. The van der Waals surface area contributed by atoms with E-state index in [9.17, 15) is 4.39 Å². The van der Waals surface area contributed by atoms with Gasteiger partial charge in [-0.15, -0.1) is 12.4 Å². The summed E-state index contributed by atoms with van der Waals surface area (Å²) in [4.78, 5) is 4.14. The molecule has 0 aliphatic heterocycles. The Labute approximate surface area is 116 Å². The number of rotatable bonds is 4. The second-order valence-electron chi connectivity index (χ2n) is 3.93. The summed E-state index contributed by atoms with van der Waals surface area (Å²) in [6.07, 6.45) is -0.245. The highest BCUT2D eigenvalue weighted by atomic mass is 35.5. The minimum Gasteiger partial charge on any atom is -0.380 e. The van der Waals surface area contributed by atoms with Gasteiger partial charge in [0.15, 0.2) is 0 Å². The summed E-state index contributed by atoms with van der Waals surface area (Å²) < 4.78 is 23.2. The molecule has 1 aromatic carbocycles. The van der Waals surface area contributed by atoms with Crippen LogP contribution in [0.1, 0.15) is 18.9 Å². The topological polar surface area (TPSA) is 74.2 Å². The van der Waals surface area contributed by atoms with Crippen LogP contribution in [-0.4, -0.2) is 23.4 Å². The van der Waals surface area contributed by atoms with E-state index in [1.165, 1.54) is 12.1 Å². The first-order valence-corrected chi connectivity index (χ1v) is 5.49. The van der Waals surface area contributed by atoms with E-state index in [1.54, 1.807) is 26.2 Å². The standard InChI is InChI=1S/C12H14FN3O2.ClH/c1-7(17-2)10(14)12-15-11(16-18-12)8-4-3-5-9(13)6-8;/h3-7,10H,14H2,1-2H3;1H/t7-,10-;/m0./s1. The molecule has 2 atom stereocenters. The average Bonchev–Trinajstić information content (AvgIpc) is 2.86. The Balaban J connectivity index is 0.00000180. The van der Waals surface area contributed by atoms with Gasteiger partial charge >= 0.3 is 0 Å². The smallest absolute Gasteiger partial charge is 0.246 e. The van der Waals surface area contributed by atoms with Gasteiger partial charge in [0.05, 0.1) is 6.10 Å². The molecule has 104 valence electrons. The fourth-order valence-electron chi connectivity index (χ4n) is 1.46. The van der Waals surface area contributed by atoms with Gasteiger partial charge in [0.1, 0.15) is 11.9 Å². The Morgan fingerprint density at radius 2 is 2.16 bits per heavy atom. The van der Waals surface area contributed by atoms with Crippen molar-refractivity contribution in [1.82, 2.24) is 10.1 Å². The maximum atomic E-state index is 13.1. The highest BCUT2D eigenvalue weighted by molar-refractivity contribution is 5.85. The third kappa shape index (κ3) is 3.50. The quantitative estimate of drug-likeness (QED) is 0.934. The Kier molecular flexibility index (Phi) is 5.41. The van der Waals surface area contributed by atoms with E-state index >= 15 is 0 Å². The lowest BCUT2D eigenvalue weighted by Gasteiger charge is -2.13. The molecule has 1 aromatic heterocycles. The van der Waals surface area contributed by atoms with Gasteiger partial charge in [-0.25, -0.2) is 4.39 Å². The Bertz CT molecular complexity index is 535. The summed E-state index contributed by atoms with van der Waals surface area (Å²) in [5.41, 5.74) is 6.42. The molecule has 0 aliphatic carbocycles. The molecule has 0 unspecified atom stereocenters. The number of aromatic nitrogens is 2. The molecule has 0 amide bonds. The van der Waals surface area contributed by atoms with Crippen LogP contribution in [0.15, 0.2) is 28.8 Å². The molecule has 1 heterocycles. The molecule has 0 fully saturated rings. The van der Waals surface area contributed by atoms with Crippen molar-refractivity contribution in [2.45, 2.75) is 19.1 Å². The number of methoxy groups -OCH3 is 1. The summed E-state index contributed by atoms with van der Waals surface area (Å²) in [7, 11) is 1.55. The molecule has 0 bridgehead atoms. The van der Waals surface area contributed by atoms with Crippen LogP contribution in [0.2, 0.25) is 0 Å². The van der Waals surface area contributed by atoms with Crippen molar-refractivity contribution in [1.29, 1.82) is 0 Å². The first-order valence-electron chi connectivity index (χ1n) is 5.49. The lowest BCUT2D eigenvalue weighted by Crippen LogP contribution is -2.25. The van der Waals surface area contributed by atoms with Crippen LogP contribution in [0.25, 0.3) is 11.4 Å². The minimum atomic E-state index is -0.509. The number of nitrogens with two attached hydrogens (primary N) is 1. The predicted octanol–water partition coefficient (Wildman–Crippen LogP) is 2.33. The van der Waals surface area contributed by atoms with Crippen LogP contribution in [0.4, 0.5) is 4.39 Å². The van der Waals surface area contributed by atoms with Gasteiger partial charge in [-0.2, -0.15) is 4.98 Å². The second kappa shape index (κ2) is 6.60. The highest BCUT2D eigenvalue weighted by Gasteiger charge is 2.21. The van der Waals surface area contributed by atoms with Crippen molar-refractivity contribution in [2.24, 2.45) is 5.73 Å². The molecule has 0 radical (unpaired) electrons. The molecular formula is C12H15ClFN3O2. The van der Waals surface area contributed by atoms with Gasteiger partial charge in [0.2, 0.25) is 11.7 Å². The van der Waals surface area contributed by atoms with Crippen LogP contribution >= 0.6 is 12.4 Å². The third-order valence-electron chi connectivity index (χ3n) is 2.69. The van der Waals surface area contributed by atoms with Crippen LogP contribution in [0.5, 0.6) is 0 Å². The Morgan fingerprint density at radius 1 is 1.42 bits per heavy atom. The summed E-state index contributed by atoms with van der Waals surface area (Å²) in [5, 5.41) is 3.78. The lowest BCUT2D eigenvalue weighted by atomic mass is 10.2. The second-order valence-corrected chi connectivity index (χ2v) is 3.93. The highest BCUT2D eigenvalue weighted by Crippen LogP contribution is 2.20. The van der Waals surface area contributed by atoms with E-state index in [0.29, 0.717) is 11.4 Å². The number of nitrogens with zero attached hydrogens (tertiary/aromatic N) is 2. The fourth-order valence-corrected chi connectivity index (χ4v) is 1.46. The van der Waals surface area contributed by atoms with Crippen molar-refractivity contribution < 1.29 is 13.7 Å². The third-order valence-corrected chi connectivity index (χ3v) is 2.69. The Hall–Kier alpha value is -1.50. The van der Waals surface area contributed by atoms with Crippen molar-refractivity contribution in [2.75, 3.05) is 7.11 Å². The summed E-state index contributed by atoms with van der Waals surface area (Å²) in [6.45, 7) is 1.80. The number of hydrogen-bond donors (Lipinski definition) is 1. The molecule has 2 rings (SSSR count). The lowest BCUT2D eigenvalue weighted by molar-refractivity contribution is 0.0848. The van der Waals surface area contributed by atoms with Gasteiger partial charge in [0.25, 0.3) is 0 Å². The zero-order valence-corrected chi connectivity index (χ0v) is 11.4. The first-order chi connectivity index (χ1) is 8.61. The van der Waals surface area contributed by atoms with Crippen molar-refractivity contribution >= 4 is 12.4 Å². The minimum absolute atomic E-state index is 0. The van der Waals surface area contributed by atoms with Gasteiger partial charge in [0, 0.05) is 12.7 Å². The van der Waals surface area contributed by atoms with E-state index in [-0.39, 0.29) is 30.2 Å². The summed E-state index contributed by atoms with van der Waals surface area (Å²) in [5.74, 6) is 0.222. The zero-order chi connectivity index (χ0) is 13.1. The monoisotopic (exact) mass is 287 g/mol. The molecule has 5 nitrogen and oxygen atoms in total. The van der Waals surface area contributed by atoms with Crippen LogP contribution in [-0.2, 0) is 4.74 Å². The van der Waals surface area contributed by atoms with Crippen LogP contribution in [0, 0.1) is 5.82 Å². The van der Waals surface area contributed by atoms with E-state index in [1.807, 2.05) is 0 Å². The maximum Gasteiger partial charge on any atom is 0.246 e. The van der Waals surface area contributed by atoms with Gasteiger partial charge < -0.3 is 15.0 Å². The SMILES string of the molecule is CO[C@@H](C)[C@H](N)c1nc(-c2cccc(F)c2)no1.Cl. The number of hydrogen-bond acceptors (Lipinski definition) is 5. The number of ether oxygens (including phenoxy) is 1. The molecule has 0 spiro atoms. The largest absolute Gasteiger partial charge is 0.380 e. The molecule has 0 saturated carbocycles. The average molecular weight is 288 g/mol. The van der Waals surface area contributed by atoms with Crippen LogP contribution < -0.4 is 5.73 Å². The molecular weight excluding hydrogens is 273 g/mol. The van der Waals surface area contributed by atoms with E-state index in [0.717, 1.165) is 0 Å². The van der Waals surface area contributed by atoms with Crippen molar-refractivity contribution in [3.8, 4) is 11.4 Å². The molecule has 2 N–H and O–H groups in total. The maximum absolute atomic E-state index is 13.1. The summed E-state index contributed by atoms with van der Waals surface area (Å²) in [6, 6.07) is 5.45. The van der Waals surface area contributed by atoms with Gasteiger partial charge in [-0.1, -0.05) is 17.3 Å². The Morgan fingerprint density at radius 3 is 2.79 bits per heavy atom. The number of halogens is 2. The fraction of sp³-hybridized carbons (Fsp3) is 0.333. The summed E-state index contributed by atoms with van der Waals surface area (Å²) >= 11 is 0. The molecule has 19 heavy (non-hydrogen) atoms. The van der Waals surface area contributed by atoms with Crippen molar-refractivity contribution in [3.05, 3.63) is 36.0 Å². The molecule has 2 aromatic rings. The van der Waals surface area contributed by atoms with E-state index in [4.69, 9.17) is 15.0 Å². The van der Waals surface area contributed by atoms with E-state index < -0.39 is 6.04 Å². The normalized spacial score (nSPS) is 13.7. The molecule has 0 saturated heterocycles. The van der Waals surface area contributed by atoms with Gasteiger partial charge in [-0.05, 0) is 19.1 Å². The first kappa shape index (κ1) is 15.6. The van der Waals surface area contributed by atoms with E-state index in [2.05, 4.69) is 10.1 Å². The van der Waals surface area contributed by atoms with Crippen LogP contribution in [0.3, 0.4) is 0 Å². The molecule has 7 heteroatoms. The van der Waals surface area contributed by atoms with Gasteiger partial charge in [-0.3, -0.25) is 0 Å². The van der Waals surface area contributed by atoms with Crippen molar-refractivity contribution in [3.63, 3.8) is 0 Å². The zero-order valence-electron chi connectivity index (χ0n) is 10.5.